The highest BCUT2D eigenvalue weighted by Gasteiger charge is 2.30. The van der Waals surface area contributed by atoms with Crippen LogP contribution >= 0.6 is 0 Å². The number of methoxy groups -OCH3 is 1. The van der Waals surface area contributed by atoms with Crippen LogP contribution in [0.2, 0.25) is 0 Å². The number of aliphatic hydroxyl groups excluding tert-OH is 3. The minimum atomic E-state index is -2.27. The molecular weight excluding hydrogens is 578 g/mol. The number of nitrogens with zero attached hydrogens (tertiary/aromatic N) is 5. The molecule has 44 heavy (non-hydrogen) atoms. The number of rotatable bonds is 8. The van der Waals surface area contributed by atoms with Crippen LogP contribution in [0, 0.1) is 0 Å². The molecule has 2 fully saturated rings. The molecule has 4 heterocycles. The van der Waals surface area contributed by atoms with E-state index in [2.05, 4.69) is 23.6 Å². The van der Waals surface area contributed by atoms with Gasteiger partial charge in [-0.3, -0.25) is 0 Å². The van der Waals surface area contributed by atoms with Gasteiger partial charge in [-0.25, -0.2) is 14.6 Å². The molecule has 0 spiro atoms. The van der Waals surface area contributed by atoms with Gasteiger partial charge in [0.15, 0.2) is 17.9 Å². The smallest absolute Gasteiger partial charge is 0.335 e. The summed E-state index contributed by atoms with van der Waals surface area (Å²) >= 11 is 0. The Kier molecular flexibility index (Phi) is 10.8. The van der Waals surface area contributed by atoms with Crippen LogP contribution in [0.5, 0.6) is 5.75 Å². The maximum absolute atomic E-state index is 9.77. The number of aromatic nitrogens is 3. The van der Waals surface area contributed by atoms with Gasteiger partial charge in [-0.05, 0) is 44.2 Å². The van der Waals surface area contributed by atoms with E-state index in [-0.39, 0.29) is 18.7 Å². The van der Waals surface area contributed by atoms with Gasteiger partial charge in [0.2, 0.25) is 5.95 Å². The molecular formula is C29H37N5O10. The number of hydrogen-bond donors (Lipinski definition) is 5. The van der Waals surface area contributed by atoms with Gasteiger partial charge in [-0.1, -0.05) is 0 Å². The van der Waals surface area contributed by atoms with Gasteiger partial charge in [-0.15, -0.1) is 0 Å². The van der Waals surface area contributed by atoms with E-state index in [0.29, 0.717) is 43.8 Å². The van der Waals surface area contributed by atoms with Crippen molar-refractivity contribution in [3.05, 3.63) is 35.9 Å². The Hall–Kier alpha value is -4.15. The van der Waals surface area contributed by atoms with E-state index in [4.69, 9.17) is 49.6 Å². The van der Waals surface area contributed by atoms with Gasteiger partial charge in [-0.2, -0.15) is 9.97 Å². The summed E-state index contributed by atoms with van der Waals surface area (Å²) in [4.78, 5) is 38.9. The van der Waals surface area contributed by atoms with Crippen molar-refractivity contribution >= 4 is 34.7 Å². The average Bonchev–Trinajstić information content (AvgIpc) is 3.03. The molecule has 2 aromatic heterocycles. The van der Waals surface area contributed by atoms with E-state index in [1.807, 2.05) is 30.3 Å². The third kappa shape index (κ3) is 7.31. The molecule has 2 aliphatic heterocycles. The van der Waals surface area contributed by atoms with E-state index in [0.717, 1.165) is 41.1 Å². The second kappa shape index (κ2) is 14.5. The molecule has 0 aliphatic carbocycles. The van der Waals surface area contributed by atoms with Gasteiger partial charge in [0, 0.05) is 24.2 Å². The molecule has 238 valence electrons. The number of morpholine rings is 2. The lowest BCUT2D eigenvalue weighted by atomic mass is 10.1. The van der Waals surface area contributed by atoms with Gasteiger partial charge in [0.1, 0.15) is 11.6 Å². The number of aliphatic hydroxyl groups is 3. The quantitative estimate of drug-likeness (QED) is 0.234. The van der Waals surface area contributed by atoms with Crippen molar-refractivity contribution in [2.75, 3.05) is 56.4 Å². The normalized spacial score (nSPS) is 20.0. The maximum Gasteiger partial charge on any atom is 0.335 e. The molecule has 5 N–H and O–H groups in total. The fourth-order valence-corrected chi connectivity index (χ4v) is 4.89. The summed E-state index contributed by atoms with van der Waals surface area (Å²) < 4.78 is 16.7. The standard InChI is InChI=1S/C25H31N5O4.C4H6O6/c1-16-14-33-10-8-29(16)24-20-5-6-21(18-4-7-22(32-3)19(12-18)13-31)26-23(20)27-25(28-24)30-9-11-34-15-17(30)2;5-1(3(7)8)2(6)4(9)10/h4-7,12,16-17,31H,8-11,13-15H2,1-3H3;1-2,5-6H,(H,7,8)(H,9,10)/t16-,17-;1-,2-/m00/s1. The third-order valence-electron chi connectivity index (χ3n) is 7.34. The highest BCUT2D eigenvalue weighted by Crippen LogP contribution is 2.32. The Bertz CT molecular complexity index is 1460. The van der Waals surface area contributed by atoms with E-state index >= 15 is 0 Å². The van der Waals surface area contributed by atoms with Crippen molar-refractivity contribution in [3.63, 3.8) is 0 Å². The molecule has 3 aromatic rings. The van der Waals surface area contributed by atoms with Crippen LogP contribution in [0.1, 0.15) is 19.4 Å². The molecule has 0 bridgehead atoms. The van der Waals surface area contributed by atoms with Gasteiger partial charge >= 0.3 is 11.9 Å². The number of fused-ring (bicyclic) bond motifs is 1. The first-order valence-corrected chi connectivity index (χ1v) is 14.0. The topological polar surface area (TPSA) is 208 Å². The molecule has 0 amide bonds. The Morgan fingerprint density at radius 1 is 0.932 bits per heavy atom. The third-order valence-corrected chi connectivity index (χ3v) is 7.34. The lowest BCUT2D eigenvalue weighted by molar-refractivity contribution is -0.165. The number of hydrogen-bond acceptors (Lipinski definition) is 13. The predicted molar refractivity (Wildman–Crippen MR) is 158 cm³/mol. The first-order valence-electron chi connectivity index (χ1n) is 14.0. The Morgan fingerprint density at radius 2 is 1.55 bits per heavy atom. The van der Waals surface area contributed by atoms with Gasteiger partial charge in [0.05, 0.1) is 63.3 Å². The van der Waals surface area contributed by atoms with E-state index in [1.165, 1.54) is 0 Å². The van der Waals surface area contributed by atoms with E-state index < -0.39 is 24.1 Å². The number of pyridine rings is 1. The summed E-state index contributed by atoms with van der Waals surface area (Å²) in [5, 5.41) is 43.2. The number of carboxylic acids is 2. The van der Waals surface area contributed by atoms with Crippen molar-refractivity contribution in [2.45, 2.75) is 44.7 Å². The van der Waals surface area contributed by atoms with E-state index in [9.17, 15) is 14.7 Å². The number of benzene rings is 1. The summed E-state index contributed by atoms with van der Waals surface area (Å²) in [6.45, 7) is 8.31. The van der Waals surface area contributed by atoms with Crippen LogP contribution < -0.4 is 14.5 Å². The molecule has 1 aromatic carbocycles. The SMILES string of the molecule is COc1ccc(-c2ccc3c(N4CCOC[C@@H]4C)nc(N4CCOC[C@@H]4C)nc3n2)cc1CO.O=C(O)[C@@H](O)[C@H](O)C(=O)O. The zero-order chi connectivity index (χ0) is 32.0. The first kappa shape index (κ1) is 32.8. The van der Waals surface area contributed by atoms with Crippen molar-refractivity contribution in [1.82, 2.24) is 15.0 Å². The summed E-state index contributed by atoms with van der Waals surface area (Å²) in [7, 11) is 1.60. The summed E-state index contributed by atoms with van der Waals surface area (Å²) in [5.41, 5.74) is 3.05. The molecule has 0 saturated carbocycles. The molecule has 2 saturated heterocycles. The van der Waals surface area contributed by atoms with Crippen molar-refractivity contribution < 1.29 is 49.3 Å². The Morgan fingerprint density at radius 3 is 2.09 bits per heavy atom. The second-order valence-corrected chi connectivity index (χ2v) is 10.4. The van der Waals surface area contributed by atoms with Gasteiger partial charge in [0.25, 0.3) is 0 Å². The minimum Gasteiger partial charge on any atom is -0.496 e. The predicted octanol–water partition coefficient (Wildman–Crippen LogP) is 0.520. The number of carbonyl (C=O) groups is 2. The lowest BCUT2D eigenvalue weighted by Crippen LogP contribution is -2.46. The molecule has 15 heteroatoms. The lowest BCUT2D eigenvalue weighted by Gasteiger charge is -2.37. The highest BCUT2D eigenvalue weighted by atomic mass is 16.5. The zero-order valence-corrected chi connectivity index (χ0v) is 24.7. The summed E-state index contributed by atoms with van der Waals surface area (Å²) in [6.07, 6.45) is -4.53. The molecule has 2 aliphatic rings. The summed E-state index contributed by atoms with van der Waals surface area (Å²) in [6, 6.07) is 10.1. The average molecular weight is 616 g/mol. The Labute approximate surface area is 253 Å². The van der Waals surface area contributed by atoms with Crippen LogP contribution in [-0.2, 0) is 25.7 Å². The fraction of sp³-hybridized carbons (Fsp3) is 0.483. The first-order chi connectivity index (χ1) is 21.0. The van der Waals surface area contributed by atoms with Gasteiger partial charge < -0.3 is 49.5 Å². The van der Waals surface area contributed by atoms with Crippen LogP contribution in [0.15, 0.2) is 30.3 Å². The van der Waals surface area contributed by atoms with E-state index in [1.54, 1.807) is 7.11 Å². The molecule has 5 rings (SSSR count). The number of ether oxygens (including phenoxy) is 3. The zero-order valence-electron chi connectivity index (χ0n) is 24.7. The largest absolute Gasteiger partial charge is 0.496 e. The molecule has 15 nitrogen and oxygen atoms in total. The second-order valence-electron chi connectivity index (χ2n) is 10.4. The molecule has 0 unspecified atom stereocenters. The van der Waals surface area contributed by atoms with Crippen LogP contribution in [0.25, 0.3) is 22.3 Å². The summed E-state index contributed by atoms with van der Waals surface area (Å²) in [5.74, 6) is -1.32. The van der Waals surface area contributed by atoms with Crippen LogP contribution in [-0.4, -0.2) is 123 Å². The molecule has 4 atom stereocenters. The highest BCUT2D eigenvalue weighted by molar-refractivity contribution is 5.90. The maximum atomic E-state index is 9.77. The van der Waals surface area contributed by atoms with Crippen LogP contribution in [0.3, 0.4) is 0 Å². The van der Waals surface area contributed by atoms with Crippen molar-refractivity contribution in [3.8, 4) is 17.0 Å². The van der Waals surface area contributed by atoms with Crippen molar-refractivity contribution in [2.24, 2.45) is 0 Å². The number of anilines is 2. The Balaban J connectivity index is 0.000000382. The number of carboxylic acid groups (broad SMARTS) is 2. The van der Waals surface area contributed by atoms with Crippen molar-refractivity contribution in [1.29, 1.82) is 0 Å². The fourth-order valence-electron chi connectivity index (χ4n) is 4.89. The number of aliphatic carboxylic acids is 2. The molecule has 0 radical (unpaired) electrons. The van der Waals surface area contributed by atoms with Crippen LogP contribution in [0.4, 0.5) is 11.8 Å². The monoisotopic (exact) mass is 615 g/mol. The minimum absolute atomic E-state index is 0.106.